The fraction of sp³-hybridized carbons (Fsp3) is 0.212. The van der Waals surface area contributed by atoms with Crippen LogP contribution in [0, 0.1) is 6.92 Å². The molecule has 4 aromatic rings. The number of para-hydroxylation sites is 2. The molecule has 0 saturated heterocycles. The molecule has 1 aliphatic heterocycles. The molecule has 0 radical (unpaired) electrons. The molecule has 0 spiro atoms. The smallest absolute Gasteiger partial charge is 0.263 e. The summed E-state index contributed by atoms with van der Waals surface area (Å²) in [5.74, 6) is -0.333. The summed E-state index contributed by atoms with van der Waals surface area (Å²) in [5, 5.41) is 2.87. The van der Waals surface area contributed by atoms with Gasteiger partial charge in [-0.3, -0.25) is 9.59 Å². The minimum absolute atomic E-state index is 0.0284. The number of ether oxygens (including phenoxy) is 2. The van der Waals surface area contributed by atoms with Gasteiger partial charge in [0.15, 0.2) is 6.10 Å². The van der Waals surface area contributed by atoms with Gasteiger partial charge in [0.1, 0.15) is 16.4 Å². The lowest BCUT2D eigenvalue weighted by Gasteiger charge is -2.35. The summed E-state index contributed by atoms with van der Waals surface area (Å²) < 4.78 is 40.7. The van der Waals surface area contributed by atoms with Crippen LogP contribution in [-0.4, -0.2) is 50.8 Å². The van der Waals surface area contributed by atoms with Crippen LogP contribution in [0.25, 0.3) is 0 Å². The summed E-state index contributed by atoms with van der Waals surface area (Å²) in [4.78, 5) is 28.6. The first-order valence-corrected chi connectivity index (χ1v) is 15.3. The Balaban J connectivity index is 1.43. The first kappa shape index (κ1) is 29.8. The number of fused-ring (bicyclic) bond motifs is 1. The van der Waals surface area contributed by atoms with Gasteiger partial charge in [0.2, 0.25) is 15.9 Å². The van der Waals surface area contributed by atoms with Crippen LogP contribution < -0.4 is 19.7 Å². The van der Waals surface area contributed by atoms with E-state index in [1.54, 1.807) is 55.5 Å². The SMILES string of the molecule is COc1ccc(C)cc1S(=O)(=O)N(CC(=O)N1C[C@H](C(=O)NCc2ccccc2)Oc2ccccc21)Cc1ccccc1. The standard InChI is InChI=1S/C33H33N3O6S/c1-24-17-18-29(41-2)31(19-24)43(39,40)35(21-26-13-7-4-8-14-26)23-32(37)36-22-30(42-28-16-10-9-15-27(28)36)33(38)34-20-25-11-5-3-6-12-25/h3-19,30H,20-23H2,1-2H3,(H,34,38)/t30-/m1/s1. The Morgan fingerprint density at radius 2 is 1.58 bits per heavy atom. The average Bonchev–Trinajstić information content (AvgIpc) is 3.03. The molecule has 0 bridgehead atoms. The van der Waals surface area contributed by atoms with E-state index in [0.717, 1.165) is 15.4 Å². The van der Waals surface area contributed by atoms with E-state index >= 15 is 0 Å². The Morgan fingerprint density at radius 1 is 0.930 bits per heavy atom. The van der Waals surface area contributed by atoms with Crippen molar-refractivity contribution in [3.8, 4) is 11.5 Å². The summed E-state index contributed by atoms with van der Waals surface area (Å²) in [6, 6.07) is 30.3. The summed E-state index contributed by atoms with van der Waals surface area (Å²) >= 11 is 0. The van der Waals surface area contributed by atoms with Crippen molar-refractivity contribution in [2.75, 3.05) is 25.1 Å². The van der Waals surface area contributed by atoms with Crippen molar-refractivity contribution in [2.24, 2.45) is 0 Å². The topological polar surface area (TPSA) is 105 Å². The van der Waals surface area contributed by atoms with Crippen molar-refractivity contribution in [1.82, 2.24) is 9.62 Å². The van der Waals surface area contributed by atoms with E-state index in [9.17, 15) is 18.0 Å². The van der Waals surface area contributed by atoms with Gasteiger partial charge in [-0.15, -0.1) is 0 Å². The number of nitrogens with one attached hydrogen (secondary N) is 1. The van der Waals surface area contributed by atoms with Crippen molar-refractivity contribution < 1.29 is 27.5 Å². The van der Waals surface area contributed by atoms with Gasteiger partial charge in [0.25, 0.3) is 5.91 Å². The third kappa shape index (κ3) is 6.87. The zero-order chi connectivity index (χ0) is 30.4. The predicted octanol–water partition coefficient (Wildman–Crippen LogP) is 4.31. The number of aryl methyl sites for hydroxylation is 1. The molecule has 1 N–H and O–H groups in total. The zero-order valence-electron chi connectivity index (χ0n) is 24.0. The normalized spacial score (nSPS) is 14.5. The molecule has 222 valence electrons. The number of rotatable bonds is 10. The molecular formula is C33H33N3O6S. The Morgan fingerprint density at radius 3 is 2.28 bits per heavy atom. The molecule has 1 heterocycles. The fourth-order valence-corrected chi connectivity index (χ4v) is 6.50. The maximum Gasteiger partial charge on any atom is 0.263 e. The molecule has 43 heavy (non-hydrogen) atoms. The fourth-order valence-electron chi connectivity index (χ4n) is 4.88. The van der Waals surface area contributed by atoms with Gasteiger partial charge in [-0.05, 0) is 47.9 Å². The van der Waals surface area contributed by atoms with Crippen LogP contribution >= 0.6 is 0 Å². The first-order valence-electron chi connectivity index (χ1n) is 13.8. The Kier molecular flexibility index (Phi) is 9.08. The predicted molar refractivity (Wildman–Crippen MR) is 163 cm³/mol. The third-order valence-electron chi connectivity index (χ3n) is 7.13. The molecule has 0 fully saturated rings. The highest BCUT2D eigenvalue weighted by Gasteiger charge is 2.37. The lowest BCUT2D eigenvalue weighted by atomic mass is 10.1. The van der Waals surface area contributed by atoms with Gasteiger partial charge < -0.3 is 19.7 Å². The molecule has 10 heteroatoms. The molecule has 4 aromatic carbocycles. The number of carbonyl (C=O) groups is 2. The van der Waals surface area contributed by atoms with Crippen LogP contribution in [0.3, 0.4) is 0 Å². The number of methoxy groups -OCH3 is 1. The monoisotopic (exact) mass is 599 g/mol. The van der Waals surface area contributed by atoms with Crippen LogP contribution in [0.5, 0.6) is 11.5 Å². The number of benzene rings is 4. The summed E-state index contributed by atoms with van der Waals surface area (Å²) in [6.45, 7) is 1.50. The molecule has 0 aliphatic carbocycles. The summed E-state index contributed by atoms with van der Waals surface area (Å²) in [7, 11) is -2.79. The summed E-state index contributed by atoms with van der Waals surface area (Å²) in [6.07, 6.45) is -0.987. The summed E-state index contributed by atoms with van der Waals surface area (Å²) in [5.41, 5.74) is 2.83. The zero-order valence-corrected chi connectivity index (χ0v) is 24.8. The second-order valence-corrected chi connectivity index (χ2v) is 12.1. The van der Waals surface area contributed by atoms with Gasteiger partial charge in [-0.25, -0.2) is 8.42 Å². The van der Waals surface area contributed by atoms with Crippen molar-refractivity contribution in [2.45, 2.75) is 31.0 Å². The molecule has 0 saturated carbocycles. The van der Waals surface area contributed by atoms with Crippen LogP contribution in [0.15, 0.2) is 108 Å². The lowest BCUT2D eigenvalue weighted by Crippen LogP contribution is -2.52. The number of hydrogen-bond donors (Lipinski definition) is 1. The minimum Gasteiger partial charge on any atom is -0.495 e. The van der Waals surface area contributed by atoms with E-state index in [2.05, 4.69) is 5.32 Å². The van der Waals surface area contributed by atoms with Gasteiger partial charge >= 0.3 is 0 Å². The van der Waals surface area contributed by atoms with Gasteiger partial charge in [0, 0.05) is 13.1 Å². The van der Waals surface area contributed by atoms with E-state index in [-0.39, 0.29) is 29.6 Å². The van der Waals surface area contributed by atoms with Gasteiger partial charge in [0.05, 0.1) is 25.9 Å². The Bertz CT molecular complexity index is 1700. The minimum atomic E-state index is -4.19. The highest BCUT2D eigenvalue weighted by Crippen LogP contribution is 2.34. The van der Waals surface area contributed by atoms with E-state index < -0.39 is 28.6 Å². The lowest BCUT2D eigenvalue weighted by molar-refractivity contribution is -0.128. The largest absolute Gasteiger partial charge is 0.495 e. The molecule has 1 aliphatic rings. The molecule has 0 unspecified atom stereocenters. The maximum absolute atomic E-state index is 14.1. The second kappa shape index (κ2) is 13.1. The molecule has 5 rings (SSSR count). The van der Waals surface area contributed by atoms with E-state index in [0.29, 0.717) is 23.5 Å². The van der Waals surface area contributed by atoms with Crippen LogP contribution in [0.2, 0.25) is 0 Å². The number of nitrogens with zero attached hydrogens (tertiary/aromatic N) is 2. The van der Waals surface area contributed by atoms with Crippen molar-refractivity contribution in [3.05, 3.63) is 120 Å². The number of carbonyl (C=O) groups excluding carboxylic acids is 2. The highest BCUT2D eigenvalue weighted by atomic mass is 32.2. The first-order chi connectivity index (χ1) is 20.8. The average molecular weight is 600 g/mol. The number of anilines is 1. The van der Waals surface area contributed by atoms with Crippen molar-refractivity contribution in [3.63, 3.8) is 0 Å². The Labute approximate surface area is 251 Å². The second-order valence-electron chi connectivity index (χ2n) is 10.2. The van der Waals surface area contributed by atoms with E-state index in [1.165, 1.54) is 18.1 Å². The number of hydrogen-bond acceptors (Lipinski definition) is 6. The Hall–Kier alpha value is -4.67. The molecule has 0 aromatic heterocycles. The van der Waals surface area contributed by atoms with Gasteiger partial charge in [-0.1, -0.05) is 78.9 Å². The van der Waals surface area contributed by atoms with Crippen LogP contribution in [-0.2, 0) is 32.7 Å². The molecular weight excluding hydrogens is 566 g/mol. The van der Waals surface area contributed by atoms with Crippen LogP contribution in [0.1, 0.15) is 16.7 Å². The van der Waals surface area contributed by atoms with Crippen molar-refractivity contribution in [1.29, 1.82) is 0 Å². The number of sulfonamides is 1. The maximum atomic E-state index is 14.1. The third-order valence-corrected chi connectivity index (χ3v) is 8.94. The van der Waals surface area contributed by atoms with Crippen LogP contribution in [0.4, 0.5) is 5.69 Å². The van der Waals surface area contributed by atoms with E-state index in [4.69, 9.17) is 9.47 Å². The van der Waals surface area contributed by atoms with E-state index in [1.807, 2.05) is 48.5 Å². The molecule has 2 amide bonds. The van der Waals surface area contributed by atoms with Crippen molar-refractivity contribution >= 4 is 27.5 Å². The highest BCUT2D eigenvalue weighted by molar-refractivity contribution is 7.89. The number of amides is 2. The molecule has 1 atom stereocenters. The van der Waals surface area contributed by atoms with Gasteiger partial charge in [-0.2, -0.15) is 4.31 Å². The molecule has 9 nitrogen and oxygen atoms in total. The quantitative estimate of drug-likeness (QED) is 0.291.